The highest BCUT2D eigenvalue weighted by atomic mass is 19.1. The number of aryl methyl sites for hydroxylation is 1. The van der Waals surface area contributed by atoms with E-state index in [2.05, 4.69) is 25.7 Å². The maximum absolute atomic E-state index is 13.0. The third-order valence-corrected chi connectivity index (χ3v) is 4.76. The van der Waals surface area contributed by atoms with Gasteiger partial charge in [0, 0.05) is 23.1 Å². The van der Waals surface area contributed by atoms with Crippen molar-refractivity contribution in [1.29, 1.82) is 0 Å². The fourth-order valence-corrected chi connectivity index (χ4v) is 3.01. The van der Waals surface area contributed by atoms with Crippen LogP contribution in [0.1, 0.15) is 45.2 Å². The molecule has 2 aromatic carbocycles. The highest BCUT2D eigenvalue weighted by Crippen LogP contribution is 2.17. The van der Waals surface area contributed by atoms with Crippen molar-refractivity contribution in [3.05, 3.63) is 89.3 Å². The molecule has 0 fully saturated rings. The first-order valence-electron chi connectivity index (χ1n) is 9.57. The summed E-state index contributed by atoms with van der Waals surface area (Å²) in [6, 6.07) is 13.8. The highest BCUT2D eigenvalue weighted by molar-refractivity contribution is 6.04. The number of aromatic nitrogens is 4. The van der Waals surface area contributed by atoms with Gasteiger partial charge in [0.1, 0.15) is 5.82 Å². The Balaban J connectivity index is 1.41. The number of rotatable bonds is 5. The van der Waals surface area contributed by atoms with Gasteiger partial charge in [0.05, 0.1) is 6.04 Å². The molecule has 1 atom stereocenters. The smallest absolute Gasteiger partial charge is 0.291 e. The van der Waals surface area contributed by atoms with Crippen LogP contribution in [0.4, 0.5) is 10.1 Å². The monoisotopic (exact) mass is 418 g/mol. The molecule has 31 heavy (non-hydrogen) atoms. The molecule has 4 aromatic rings. The summed E-state index contributed by atoms with van der Waals surface area (Å²) >= 11 is 0. The number of benzene rings is 2. The number of nitrogens with zero attached hydrogens (tertiary/aromatic N) is 4. The largest absolute Gasteiger partial charge is 0.343 e. The second kappa shape index (κ2) is 8.31. The van der Waals surface area contributed by atoms with E-state index in [1.807, 2.05) is 13.8 Å². The lowest BCUT2D eigenvalue weighted by Crippen LogP contribution is -2.27. The van der Waals surface area contributed by atoms with E-state index in [4.69, 9.17) is 0 Å². The summed E-state index contributed by atoms with van der Waals surface area (Å²) < 4.78 is 14.5. The van der Waals surface area contributed by atoms with Gasteiger partial charge >= 0.3 is 0 Å². The molecule has 2 amide bonds. The Bertz CT molecular complexity index is 1250. The van der Waals surface area contributed by atoms with Crippen LogP contribution >= 0.6 is 0 Å². The van der Waals surface area contributed by atoms with Gasteiger partial charge in [-0.3, -0.25) is 9.59 Å². The van der Waals surface area contributed by atoms with E-state index in [1.54, 1.807) is 36.5 Å². The molecule has 0 radical (unpaired) electrons. The van der Waals surface area contributed by atoms with E-state index in [9.17, 15) is 14.0 Å². The minimum Gasteiger partial charge on any atom is -0.343 e. The topological polar surface area (TPSA) is 101 Å². The van der Waals surface area contributed by atoms with Gasteiger partial charge in [0.15, 0.2) is 0 Å². The van der Waals surface area contributed by atoms with Crippen molar-refractivity contribution in [3.63, 3.8) is 0 Å². The highest BCUT2D eigenvalue weighted by Gasteiger charge is 2.17. The van der Waals surface area contributed by atoms with Crippen LogP contribution in [0, 0.1) is 12.7 Å². The minimum atomic E-state index is -0.411. The number of nitrogens with one attached hydrogen (secondary N) is 2. The van der Waals surface area contributed by atoms with Gasteiger partial charge in [-0.05, 0) is 61.9 Å². The Morgan fingerprint density at radius 2 is 1.71 bits per heavy atom. The number of halogens is 1. The van der Waals surface area contributed by atoms with E-state index >= 15 is 0 Å². The van der Waals surface area contributed by atoms with Crippen LogP contribution in [0.2, 0.25) is 0 Å². The molecule has 2 heterocycles. The summed E-state index contributed by atoms with van der Waals surface area (Å²) in [6.07, 6.45) is 1.61. The van der Waals surface area contributed by atoms with Gasteiger partial charge in [-0.1, -0.05) is 12.1 Å². The second-order valence-corrected chi connectivity index (χ2v) is 7.01. The predicted octanol–water partition coefficient (Wildman–Crippen LogP) is 3.32. The molecule has 0 saturated heterocycles. The third-order valence-electron chi connectivity index (χ3n) is 4.76. The van der Waals surface area contributed by atoms with Crippen LogP contribution in [0.25, 0.3) is 5.78 Å². The van der Waals surface area contributed by atoms with Gasteiger partial charge in [0.25, 0.3) is 17.6 Å². The molecule has 0 spiro atoms. The van der Waals surface area contributed by atoms with Crippen LogP contribution in [0.15, 0.2) is 60.8 Å². The van der Waals surface area contributed by atoms with Crippen molar-refractivity contribution in [1.82, 2.24) is 24.9 Å². The summed E-state index contributed by atoms with van der Waals surface area (Å²) in [7, 11) is 0. The predicted molar refractivity (Wildman–Crippen MR) is 112 cm³/mol. The van der Waals surface area contributed by atoms with Crippen LogP contribution in [-0.2, 0) is 0 Å². The van der Waals surface area contributed by atoms with Crippen molar-refractivity contribution >= 4 is 23.3 Å². The molecule has 9 heteroatoms. The molecular weight excluding hydrogens is 399 g/mol. The normalized spacial score (nSPS) is 11.8. The summed E-state index contributed by atoms with van der Waals surface area (Å²) in [5.74, 6) is -0.750. The Morgan fingerprint density at radius 3 is 2.39 bits per heavy atom. The first-order chi connectivity index (χ1) is 14.9. The lowest BCUT2D eigenvalue weighted by atomic mass is 10.1. The Kier molecular flexibility index (Phi) is 5.40. The molecule has 0 bridgehead atoms. The summed E-state index contributed by atoms with van der Waals surface area (Å²) in [5, 5.41) is 9.81. The third kappa shape index (κ3) is 4.40. The van der Waals surface area contributed by atoms with Crippen LogP contribution < -0.4 is 10.6 Å². The summed E-state index contributed by atoms with van der Waals surface area (Å²) in [4.78, 5) is 33.0. The van der Waals surface area contributed by atoms with Crippen molar-refractivity contribution in [2.45, 2.75) is 19.9 Å². The van der Waals surface area contributed by atoms with Crippen LogP contribution in [0.5, 0.6) is 0 Å². The second-order valence-electron chi connectivity index (χ2n) is 7.01. The first-order valence-corrected chi connectivity index (χ1v) is 9.57. The number of fused-ring (bicyclic) bond motifs is 1. The number of amides is 2. The van der Waals surface area contributed by atoms with E-state index in [1.165, 1.54) is 28.8 Å². The van der Waals surface area contributed by atoms with Crippen molar-refractivity contribution in [3.8, 4) is 0 Å². The quantitative estimate of drug-likeness (QED) is 0.518. The lowest BCUT2D eigenvalue weighted by molar-refractivity contribution is 0.0929. The molecule has 0 aliphatic heterocycles. The lowest BCUT2D eigenvalue weighted by Gasteiger charge is -2.14. The molecule has 0 aliphatic rings. The molecule has 8 nitrogen and oxygen atoms in total. The zero-order valence-electron chi connectivity index (χ0n) is 16.8. The molecule has 4 rings (SSSR count). The standard InChI is InChI=1S/C22H19FN6O2/c1-13-11-12-24-22-27-19(28-29(13)22)21(31)25-14(2)15-5-9-18(10-6-15)26-20(30)16-3-7-17(23)8-4-16/h3-12,14H,1-2H3,(H,25,31)(H,26,30). The van der Waals surface area contributed by atoms with Crippen molar-refractivity contribution in [2.24, 2.45) is 0 Å². The fourth-order valence-electron chi connectivity index (χ4n) is 3.01. The van der Waals surface area contributed by atoms with E-state index in [0.29, 0.717) is 17.0 Å². The van der Waals surface area contributed by atoms with Crippen LogP contribution in [-0.4, -0.2) is 31.4 Å². The Labute approximate surface area is 177 Å². The van der Waals surface area contributed by atoms with E-state index in [-0.39, 0.29) is 17.8 Å². The number of carbonyl (C=O) groups excluding carboxylic acids is 2. The van der Waals surface area contributed by atoms with Crippen LogP contribution in [0.3, 0.4) is 0 Å². The van der Waals surface area contributed by atoms with E-state index < -0.39 is 11.7 Å². The van der Waals surface area contributed by atoms with Gasteiger partial charge in [-0.2, -0.15) is 4.98 Å². The van der Waals surface area contributed by atoms with Crippen molar-refractivity contribution in [2.75, 3.05) is 5.32 Å². The zero-order valence-corrected chi connectivity index (χ0v) is 16.8. The fraction of sp³-hybridized carbons (Fsp3) is 0.136. The summed E-state index contributed by atoms with van der Waals surface area (Å²) in [6.45, 7) is 3.69. The average molecular weight is 418 g/mol. The van der Waals surface area contributed by atoms with Gasteiger partial charge in [-0.15, -0.1) is 5.10 Å². The maximum Gasteiger partial charge on any atom is 0.291 e. The number of carbonyl (C=O) groups is 2. The SMILES string of the molecule is Cc1ccnc2nc(C(=O)NC(C)c3ccc(NC(=O)c4ccc(F)cc4)cc3)nn12. The molecule has 2 N–H and O–H groups in total. The molecule has 0 aliphatic carbocycles. The molecular formula is C22H19FN6O2. The summed E-state index contributed by atoms with van der Waals surface area (Å²) in [5.41, 5.74) is 2.60. The molecule has 0 saturated carbocycles. The molecule has 1 unspecified atom stereocenters. The van der Waals surface area contributed by atoms with E-state index in [0.717, 1.165) is 11.3 Å². The maximum atomic E-state index is 13.0. The number of anilines is 1. The van der Waals surface area contributed by atoms with Gasteiger partial charge < -0.3 is 10.6 Å². The van der Waals surface area contributed by atoms with Gasteiger partial charge in [0.2, 0.25) is 5.82 Å². The number of hydrogen-bond donors (Lipinski definition) is 2. The zero-order chi connectivity index (χ0) is 22.0. The van der Waals surface area contributed by atoms with Gasteiger partial charge in [-0.25, -0.2) is 13.9 Å². The number of hydrogen-bond acceptors (Lipinski definition) is 5. The minimum absolute atomic E-state index is 0.0387. The van der Waals surface area contributed by atoms with Crippen molar-refractivity contribution < 1.29 is 14.0 Å². The molecule has 156 valence electrons. The Hall–Kier alpha value is -4.14. The average Bonchev–Trinajstić information content (AvgIpc) is 3.21. The first kappa shape index (κ1) is 20.1. The molecule has 2 aromatic heterocycles. The Morgan fingerprint density at radius 1 is 1.00 bits per heavy atom.